The predicted octanol–water partition coefficient (Wildman–Crippen LogP) is 1.48. The van der Waals surface area contributed by atoms with Gasteiger partial charge in [0, 0.05) is 13.1 Å². The van der Waals surface area contributed by atoms with Crippen molar-refractivity contribution in [3.8, 4) is 6.01 Å². The lowest BCUT2D eigenvalue weighted by Crippen LogP contribution is -2.25. The summed E-state index contributed by atoms with van der Waals surface area (Å²) in [5.41, 5.74) is 5.99. The lowest BCUT2D eigenvalue weighted by molar-refractivity contribution is 0.222. The molecule has 0 aromatic carbocycles. The molecule has 0 amide bonds. The van der Waals surface area contributed by atoms with Gasteiger partial charge in [-0.05, 0) is 25.7 Å². The fraction of sp³-hybridized carbons (Fsp3) is 0.750. The number of ether oxygens (including phenoxy) is 1. The number of rotatable bonds is 3. The van der Waals surface area contributed by atoms with Crippen LogP contribution in [0.25, 0.3) is 0 Å². The van der Waals surface area contributed by atoms with E-state index in [-0.39, 0.29) is 12.1 Å². The summed E-state index contributed by atoms with van der Waals surface area (Å²) in [7, 11) is 0. The van der Waals surface area contributed by atoms with Gasteiger partial charge in [0.25, 0.3) is 0 Å². The molecule has 1 aromatic heterocycles. The number of aromatic nitrogens is 3. The molecule has 0 spiro atoms. The highest BCUT2D eigenvalue weighted by Crippen LogP contribution is 2.31. The van der Waals surface area contributed by atoms with E-state index in [9.17, 15) is 0 Å². The lowest BCUT2D eigenvalue weighted by atomic mass is 9.93. The van der Waals surface area contributed by atoms with Gasteiger partial charge in [0.1, 0.15) is 0 Å². The van der Waals surface area contributed by atoms with Gasteiger partial charge < -0.3 is 15.4 Å². The number of anilines is 2. The van der Waals surface area contributed by atoms with Crippen LogP contribution < -0.4 is 15.4 Å². The van der Waals surface area contributed by atoms with Crippen LogP contribution in [0.1, 0.15) is 34.1 Å². The molecular formula is C12H21N5O. The first-order chi connectivity index (χ1) is 8.35. The number of hydrogen-bond acceptors (Lipinski definition) is 6. The molecule has 0 radical (unpaired) electrons. The topological polar surface area (TPSA) is 77.2 Å². The second kappa shape index (κ2) is 4.59. The fourth-order valence-corrected chi connectivity index (χ4v) is 2.05. The molecule has 2 N–H and O–H groups in total. The third kappa shape index (κ3) is 3.00. The van der Waals surface area contributed by atoms with Crippen LogP contribution in [0.15, 0.2) is 0 Å². The van der Waals surface area contributed by atoms with Gasteiger partial charge in [-0.1, -0.05) is 13.8 Å². The third-order valence-electron chi connectivity index (χ3n) is 2.92. The summed E-state index contributed by atoms with van der Waals surface area (Å²) in [5, 5.41) is 0. The Labute approximate surface area is 108 Å². The number of hydrogen-bond donors (Lipinski definition) is 1. The Kier molecular flexibility index (Phi) is 3.28. The molecule has 6 nitrogen and oxygen atoms in total. The fourth-order valence-electron chi connectivity index (χ4n) is 2.05. The standard InChI is InChI=1S/C12H21N5O/c1-8(2)18-11-15-9(13)14-10(16-11)17-6-5-12(3,4)7-17/h8H,5-7H2,1-4H3,(H2,13,14,15,16). The molecule has 1 aliphatic rings. The third-order valence-corrected chi connectivity index (χ3v) is 2.92. The van der Waals surface area contributed by atoms with E-state index >= 15 is 0 Å². The van der Waals surface area contributed by atoms with Gasteiger partial charge in [-0.15, -0.1) is 0 Å². The van der Waals surface area contributed by atoms with Crippen LogP contribution >= 0.6 is 0 Å². The average molecular weight is 251 g/mol. The van der Waals surface area contributed by atoms with Crippen LogP contribution in [-0.4, -0.2) is 34.1 Å². The molecule has 0 saturated carbocycles. The molecule has 0 unspecified atom stereocenters. The normalized spacial score (nSPS) is 18.4. The van der Waals surface area contributed by atoms with Crippen molar-refractivity contribution in [2.45, 2.75) is 40.2 Å². The monoisotopic (exact) mass is 251 g/mol. The van der Waals surface area contributed by atoms with Gasteiger partial charge in [-0.2, -0.15) is 15.0 Å². The molecule has 2 rings (SSSR count). The molecule has 1 fully saturated rings. The maximum absolute atomic E-state index is 5.70. The average Bonchev–Trinajstić information content (AvgIpc) is 2.57. The minimum atomic E-state index is 0.0228. The molecular weight excluding hydrogens is 230 g/mol. The van der Waals surface area contributed by atoms with Gasteiger partial charge in [-0.3, -0.25) is 0 Å². The van der Waals surface area contributed by atoms with Crippen molar-refractivity contribution in [1.82, 2.24) is 15.0 Å². The Morgan fingerprint density at radius 2 is 2.00 bits per heavy atom. The van der Waals surface area contributed by atoms with E-state index in [0.717, 1.165) is 19.5 Å². The SMILES string of the molecule is CC(C)Oc1nc(N)nc(N2CCC(C)(C)C2)n1. The van der Waals surface area contributed by atoms with Gasteiger partial charge >= 0.3 is 6.01 Å². The van der Waals surface area contributed by atoms with Crippen LogP contribution in [0.4, 0.5) is 11.9 Å². The molecule has 0 atom stereocenters. The zero-order valence-electron chi connectivity index (χ0n) is 11.5. The smallest absolute Gasteiger partial charge is 0.323 e. The predicted molar refractivity (Wildman–Crippen MR) is 70.6 cm³/mol. The maximum Gasteiger partial charge on any atom is 0.323 e. The van der Waals surface area contributed by atoms with Crippen molar-refractivity contribution in [1.29, 1.82) is 0 Å². The second-order valence-corrected chi connectivity index (χ2v) is 5.78. The highest BCUT2D eigenvalue weighted by atomic mass is 16.5. The van der Waals surface area contributed by atoms with E-state index in [1.165, 1.54) is 0 Å². The van der Waals surface area contributed by atoms with Gasteiger partial charge in [0.15, 0.2) is 0 Å². The van der Waals surface area contributed by atoms with Crippen molar-refractivity contribution in [2.75, 3.05) is 23.7 Å². The summed E-state index contributed by atoms with van der Waals surface area (Å²) in [6, 6.07) is 0.303. The molecule has 0 aliphatic carbocycles. The first kappa shape index (κ1) is 12.9. The number of nitrogens with zero attached hydrogens (tertiary/aromatic N) is 4. The molecule has 18 heavy (non-hydrogen) atoms. The van der Waals surface area contributed by atoms with E-state index in [1.54, 1.807) is 0 Å². The largest absolute Gasteiger partial charge is 0.461 e. The molecule has 100 valence electrons. The van der Waals surface area contributed by atoms with Crippen LogP contribution in [-0.2, 0) is 0 Å². The second-order valence-electron chi connectivity index (χ2n) is 5.78. The summed E-state index contributed by atoms with van der Waals surface area (Å²) >= 11 is 0. The van der Waals surface area contributed by atoms with Gasteiger partial charge in [0.05, 0.1) is 6.10 Å². The van der Waals surface area contributed by atoms with Crippen molar-refractivity contribution < 1.29 is 4.74 Å². The minimum Gasteiger partial charge on any atom is -0.461 e. The van der Waals surface area contributed by atoms with Crippen molar-refractivity contribution in [3.63, 3.8) is 0 Å². The molecule has 1 aliphatic heterocycles. The van der Waals surface area contributed by atoms with E-state index in [0.29, 0.717) is 17.4 Å². The van der Waals surface area contributed by atoms with E-state index < -0.39 is 0 Å². The summed E-state index contributed by atoms with van der Waals surface area (Å²) in [5.74, 6) is 0.823. The molecule has 1 saturated heterocycles. The van der Waals surface area contributed by atoms with E-state index in [2.05, 4.69) is 33.7 Å². The van der Waals surface area contributed by atoms with Crippen LogP contribution in [0.3, 0.4) is 0 Å². The lowest BCUT2D eigenvalue weighted by Gasteiger charge is -2.20. The van der Waals surface area contributed by atoms with Crippen LogP contribution in [0.2, 0.25) is 0 Å². The van der Waals surface area contributed by atoms with Gasteiger partial charge in [0.2, 0.25) is 11.9 Å². The highest BCUT2D eigenvalue weighted by Gasteiger charge is 2.31. The maximum atomic E-state index is 5.70. The van der Waals surface area contributed by atoms with E-state index in [4.69, 9.17) is 10.5 Å². The summed E-state index contributed by atoms with van der Waals surface area (Å²) in [4.78, 5) is 14.6. The summed E-state index contributed by atoms with van der Waals surface area (Å²) < 4.78 is 5.48. The Morgan fingerprint density at radius 3 is 2.56 bits per heavy atom. The Balaban J connectivity index is 2.20. The molecule has 1 aromatic rings. The summed E-state index contributed by atoms with van der Waals surface area (Å²) in [6.07, 6.45) is 1.15. The molecule has 6 heteroatoms. The number of nitrogens with two attached hydrogens (primary N) is 1. The molecule has 0 bridgehead atoms. The van der Waals surface area contributed by atoms with Crippen molar-refractivity contribution in [3.05, 3.63) is 0 Å². The molecule has 2 heterocycles. The van der Waals surface area contributed by atoms with Crippen molar-refractivity contribution >= 4 is 11.9 Å². The van der Waals surface area contributed by atoms with Crippen LogP contribution in [0.5, 0.6) is 6.01 Å². The first-order valence-corrected chi connectivity index (χ1v) is 6.29. The zero-order valence-corrected chi connectivity index (χ0v) is 11.5. The van der Waals surface area contributed by atoms with Crippen LogP contribution in [0, 0.1) is 5.41 Å². The Bertz CT molecular complexity index is 432. The Hall–Kier alpha value is -1.59. The van der Waals surface area contributed by atoms with Crippen molar-refractivity contribution in [2.24, 2.45) is 5.41 Å². The van der Waals surface area contributed by atoms with E-state index in [1.807, 2.05) is 13.8 Å². The Morgan fingerprint density at radius 1 is 1.28 bits per heavy atom. The zero-order chi connectivity index (χ0) is 13.3. The minimum absolute atomic E-state index is 0.0228. The first-order valence-electron chi connectivity index (χ1n) is 6.29. The summed E-state index contributed by atoms with van der Waals surface area (Å²) in [6.45, 7) is 10.2. The quantitative estimate of drug-likeness (QED) is 0.876. The number of nitrogen functional groups attached to an aromatic ring is 1. The van der Waals surface area contributed by atoms with Gasteiger partial charge in [-0.25, -0.2) is 0 Å². The highest BCUT2D eigenvalue weighted by molar-refractivity contribution is 5.37.